The number of anilines is 1. The molecule has 0 saturated carbocycles. The van der Waals surface area contributed by atoms with Gasteiger partial charge in [-0.25, -0.2) is 15.0 Å². The first-order valence-electron chi connectivity index (χ1n) is 8.96. The number of rotatable bonds is 3. The molecule has 27 heavy (non-hydrogen) atoms. The minimum Gasteiger partial charge on any atom is -0.342 e. The molecule has 3 heterocycles. The Hall–Kier alpha value is -2.54. The maximum atomic E-state index is 12.4. The number of benzene rings is 1. The van der Waals surface area contributed by atoms with Crippen LogP contribution in [-0.4, -0.2) is 32.6 Å². The Morgan fingerprint density at radius 2 is 1.81 bits per heavy atom. The zero-order chi connectivity index (χ0) is 18.8. The third kappa shape index (κ3) is 3.78. The highest BCUT2D eigenvalue weighted by molar-refractivity contribution is 9.10. The first-order valence-corrected chi connectivity index (χ1v) is 9.76. The van der Waals surface area contributed by atoms with E-state index < -0.39 is 0 Å². The van der Waals surface area contributed by atoms with Gasteiger partial charge < -0.3 is 4.90 Å². The molecule has 0 amide bonds. The van der Waals surface area contributed by atoms with Gasteiger partial charge in [0.05, 0.1) is 11.4 Å². The van der Waals surface area contributed by atoms with Crippen LogP contribution in [0.3, 0.4) is 0 Å². The minimum absolute atomic E-state index is 0.0800. The Morgan fingerprint density at radius 3 is 2.48 bits per heavy atom. The molecule has 2 aromatic heterocycles. The number of hydrogen-bond acceptors (Lipinski definition) is 5. The van der Waals surface area contributed by atoms with Gasteiger partial charge in [-0.1, -0.05) is 28.1 Å². The van der Waals surface area contributed by atoms with Crippen LogP contribution >= 0.6 is 15.9 Å². The first kappa shape index (κ1) is 17.9. The van der Waals surface area contributed by atoms with Gasteiger partial charge >= 0.3 is 0 Å². The topological polar surface area (TPSA) is 63.9 Å². The second kappa shape index (κ2) is 7.60. The molecule has 0 atom stereocenters. The van der Waals surface area contributed by atoms with Crippen molar-refractivity contribution in [1.29, 1.82) is 0 Å². The normalized spacial score (nSPS) is 15.1. The summed E-state index contributed by atoms with van der Waals surface area (Å²) in [6.07, 6.45) is 5.20. The van der Waals surface area contributed by atoms with E-state index >= 15 is 0 Å². The Balaban J connectivity index is 1.57. The van der Waals surface area contributed by atoms with Crippen LogP contribution in [-0.2, 0) is 7.05 Å². The lowest BCUT2D eigenvalue weighted by Crippen LogP contribution is -2.37. The quantitative estimate of drug-likeness (QED) is 0.643. The summed E-state index contributed by atoms with van der Waals surface area (Å²) < 4.78 is 2.72. The average molecular weight is 426 g/mol. The molecule has 7 heteroatoms. The third-order valence-corrected chi connectivity index (χ3v) is 5.60. The van der Waals surface area contributed by atoms with Crippen LogP contribution in [0.1, 0.15) is 24.3 Å². The molecule has 3 aromatic rings. The molecule has 0 N–H and O–H groups in total. The first-order chi connectivity index (χ1) is 13.1. The van der Waals surface area contributed by atoms with Gasteiger partial charge in [0.2, 0.25) is 5.95 Å². The van der Waals surface area contributed by atoms with Crippen LogP contribution in [0.5, 0.6) is 0 Å². The standard InChI is InChI=1S/C20H20BrN5O/c1-25-19(27)12-18(17-6-9-22-13-23-17)24-20(25)26-10-7-15(8-11-26)14-2-4-16(21)5-3-14/h2-6,9,12-13,15H,7-8,10-11H2,1H3. The van der Waals surface area contributed by atoms with Crippen molar-refractivity contribution in [2.24, 2.45) is 7.05 Å². The maximum Gasteiger partial charge on any atom is 0.255 e. The van der Waals surface area contributed by atoms with Crippen LogP contribution < -0.4 is 10.5 Å². The van der Waals surface area contributed by atoms with E-state index in [0.29, 0.717) is 23.3 Å². The van der Waals surface area contributed by atoms with Crippen molar-refractivity contribution in [2.45, 2.75) is 18.8 Å². The Labute approximate surface area is 166 Å². The van der Waals surface area contributed by atoms with Crippen LogP contribution in [0.15, 0.2) is 58.2 Å². The van der Waals surface area contributed by atoms with Gasteiger partial charge in [0.1, 0.15) is 6.33 Å². The van der Waals surface area contributed by atoms with E-state index in [0.717, 1.165) is 30.4 Å². The fraction of sp³-hybridized carbons (Fsp3) is 0.300. The van der Waals surface area contributed by atoms with E-state index in [9.17, 15) is 4.79 Å². The van der Waals surface area contributed by atoms with E-state index in [-0.39, 0.29) is 5.56 Å². The predicted molar refractivity (Wildman–Crippen MR) is 109 cm³/mol. The van der Waals surface area contributed by atoms with E-state index in [2.05, 4.69) is 55.1 Å². The summed E-state index contributed by atoms with van der Waals surface area (Å²) in [4.78, 5) is 27.5. The molecule has 0 bridgehead atoms. The Morgan fingerprint density at radius 1 is 1.07 bits per heavy atom. The molecule has 1 fully saturated rings. The molecule has 138 valence electrons. The number of halogens is 1. The maximum absolute atomic E-state index is 12.4. The van der Waals surface area contributed by atoms with Crippen molar-refractivity contribution in [1.82, 2.24) is 19.5 Å². The largest absolute Gasteiger partial charge is 0.342 e. The van der Waals surface area contributed by atoms with Crippen LogP contribution in [0.4, 0.5) is 5.95 Å². The van der Waals surface area contributed by atoms with Crippen LogP contribution in [0.25, 0.3) is 11.4 Å². The Kier molecular flexibility index (Phi) is 5.03. The fourth-order valence-corrected chi connectivity index (χ4v) is 3.80. The lowest BCUT2D eigenvalue weighted by atomic mass is 9.89. The average Bonchev–Trinajstić information content (AvgIpc) is 2.71. The van der Waals surface area contributed by atoms with Crippen molar-refractivity contribution in [3.63, 3.8) is 0 Å². The minimum atomic E-state index is -0.0800. The molecular formula is C20H20BrN5O. The van der Waals surface area contributed by atoms with E-state index in [1.807, 2.05) is 0 Å². The highest BCUT2D eigenvalue weighted by Gasteiger charge is 2.23. The van der Waals surface area contributed by atoms with Gasteiger partial charge in [0.25, 0.3) is 5.56 Å². The molecule has 1 aromatic carbocycles. The summed E-state index contributed by atoms with van der Waals surface area (Å²) in [5, 5.41) is 0. The van der Waals surface area contributed by atoms with Crippen LogP contribution in [0.2, 0.25) is 0 Å². The smallest absolute Gasteiger partial charge is 0.255 e. The monoisotopic (exact) mass is 425 g/mol. The van der Waals surface area contributed by atoms with Crippen LogP contribution in [0, 0.1) is 0 Å². The van der Waals surface area contributed by atoms with Gasteiger partial charge in [0.15, 0.2) is 0 Å². The van der Waals surface area contributed by atoms with Crippen molar-refractivity contribution in [3.05, 3.63) is 69.3 Å². The number of hydrogen-bond donors (Lipinski definition) is 0. The lowest BCUT2D eigenvalue weighted by molar-refractivity contribution is 0.493. The van der Waals surface area contributed by atoms with E-state index in [1.165, 1.54) is 18.0 Å². The summed E-state index contributed by atoms with van der Waals surface area (Å²) in [6.45, 7) is 1.74. The summed E-state index contributed by atoms with van der Waals surface area (Å²) in [5.74, 6) is 1.24. The number of piperidine rings is 1. The van der Waals surface area contributed by atoms with Crippen molar-refractivity contribution in [3.8, 4) is 11.4 Å². The van der Waals surface area contributed by atoms with Gasteiger partial charge in [-0.2, -0.15) is 0 Å². The summed E-state index contributed by atoms with van der Waals surface area (Å²) in [6, 6.07) is 11.9. The van der Waals surface area contributed by atoms with Gasteiger partial charge in [0, 0.05) is 36.9 Å². The molecule has 1 aliphatic heterocycles. The SMILES string of the molecule is Cn1c(N2CCC(c3ccc(Br)cc3)CC2)nc(-c2ccncn2)cc1=O. The molecule has 1 aliphatic rings. The van der Waals surface area contributed by atoms with Crippen molar-refractivity contribution >= 4 is 21.9 Å². The molecule has 1 saturated heterocycles. The second-order valence-corrected chi connectivity index (χ2v) is 7.66. The van der Waals surface area contributed by atoms with Gasteiger partial charge in [-0.05, 0) is 42.5 Å². The van der Waals surface area contributed by atoms with Crippen molar-refractivity contribution < 1.29 is 0 Å². The molecule has 0 spiro atoms. The van der Waals surface area contributed by atoms with E-state index in [4.69, 9.17) is 4.98 Å². The lowest BCUT2D eigenvalue weighted by Gasteiger charge is -2.33. The predicted octanol–water partition coefficient (Wildman–Crippen LogP) is 3.38. The number of nitrogens with zero attached hydrogens (tertiary/aromatic N) is 5. The zero-order valence-electron chi connectivity index (χ0n) is 15.0. The molecule has 0 unspecified atom stereocenters. The molecule has 0 aliphatic carbocycles. The summed E-state index contributed by atoms with van der Waals surface area (Å²) in [7, 11) is 1.77. The van der Waals surface area contributed by atoms with E-state index in [1.54, 1.807) is 23.9 Å². The molecular weight excluding hydrogens is 406 g/mol. The summed E-state index contributed by atoms with van der Waals surface area (Å²) in [5.41, 5.74) is 2.54. The highest BCUT2D eigenvalue weighted by atomic mass is 79.9. The summed E-state index contributed by atoms with van der Waals surface area (Å²) >= 11 is 3.49. The highest BCUT2D eigenvalue weighted by Crippen LogP contribution is 2.30. The van der Waals surface area contributed by atoms with Gasteiger partial charge in [-0.3, -0.25) is 9.36 Å². The van der Waals surface area contributed by atoms with Crippen molar-refractivity contribution in [2.75, 3.05) is 18.0 Å². The second-order valence-electron chi connectivity index (χ2n) is 6.75. The third-order valence-electron chi connectivity index (χ3n) is 5.07. The molecule has 6 nitrogen and oxygen atoms in total. The molecule has 0 radical (unpaired) electrons. The van der Waals surface area contributed by atoms with Gasteiger partial charge in [-0.15, -0.1) is 0 Å². The fourth-order valence-electron chi connectivity index (χ4n) is 3.53. The Bertz CT molecular complexity index is 980. The molecule has 4 rings (SSSR count). The number of aromatic nitrogens is 4. The zero-order valence-corrected chi connectivity index (χ0v) is 16.6.